The van der Waals surface area contributed by atoms with Crippen LogP contribution in [0.4, 0.5) is 5.95 Å². The number of nitrogen functional groups attached to an aromatic ring is 1. The van der Waals surface area contributed by atoms with E-state index in [4.69, 9.17) is 5.73 Å². The van der Waals surface area contributed by atoms with E-state index in [0.717, 1.165) is 17.6 Å². The maximum Gasteiger partial charge on any atom is 0.201 e. The lowest BCUT2D eigenvalue weighted by Gasteiger charge is -2.07. The average molecular weight is 254 g/mol. The van der Waals surface area contributed by atoms with Crippen LogP contribution in [-0.4, -0.2) is 14.4 Å². The van der Waals surface area contributed by atoms with Crippen LogP contribution < -0.4 is 5.73 Å². The lowest BCUT2D eigenvalue weighted by atomic mass is 10.3. The molecule has 0 bridgehead atoms. The molecule has 4 heteroatoms. The van der Waals surface area contributed by atoms with Gasteiger partial charge in [0.15, 0.2) is 0 Å². The maximum absolute atomic E-state index is 5.83. The molecule has 1 heterocycles. The van der Waals surface area contributed by atoms with E-state index in [1.165, 1.54) is 0 Å². The van der Waals surface area contributed by atoms with Crippen molar-refractivity contribution in [1.29, 1.82) is 0 Å². The van der Waals surface area contributed by atoms with Gasteiger partial charge in [-0.05, 0) is 12.1 Å². The summed E-state index contributed by atoms with van der Waals surface area (Å²) >= 11 is 3.51. The Morgan fingerprint density at radius 2 is 2.21 bits per heavy atom. The van der Waals surface area contributed by atoms with Crippen LogP contribution in [0.15, 0.2) is 24.3 Å². The molecule has 14 heavy (non-hydrogen) atoms. The summed E-state index contributed by atoms with van der Waals surface area (Å²) in [7, 11) is 0. The number of anilines is 1. The van der Waals surface area contributed by atoms with Crippen molar-refractivity contribution in [3.8, 4) is 0 Å². The molecular weight excluding hydrogens is 242 g/mol. The summed E-state index contributed by atoms with van der Waals surface area (Å²) in [5.74, 6) is 0.581. The Labute approximate surface area is 91.1 Å². The average Bonchev–Trinajstić information content (AvgIpc) is 2.43. The monoisotopic (exact) mass is 253 g/mol. The van der Waals surface area contributed by atoms with Gasteiger partial charge in [-0.3, -0.25) is 0 Å². The molecule has 0 radical (unpaired) electrons. The molecule has 1 aromatic heterocycles. The Hall–Kier alpha value is -1.03. The van der Waals surface area contributed by atoms with Crippen molar-refractivity contribution in [3.63, 3.8) is 0 Å². The van der Waals surface area contributed by atoms with Crippen LogP contribution in [0.1, 0.15) is 6.92 Å². The molecule has 1 atom stereocenters. The van der Waals surface area contributed by atoms with Crippen molar-refractivity contribution in [1.82, 2.24) is 9.55 Å². The summed E-state index contributed by atoms with van der Waals surface area (Å²) < 4.78 is 2.02. The minimum atomic E-state index is 0.391. The second-order valence-electron chi connectivity index (χ2n) is 3.35. The van der Waals surface area contributed by atoms with Gasteiger partial charge >= 0.3 is 0 Å². The molecule has 0 amide bonds. The van der Waals surface area contributed by atoms with E-state index in [2.05, 4.69) is 27.8 Å². The van der Waals surface area contributed by atoms with Gasteiger partial charge in [-0.1, -0.05) is 35.0 Å². The van der Waals surface area contributed by atoms with Crippen molar-refractivity contribution in [2.45, 2.75) is 18.3 Å². The highest BCUT2D eigenvalue weighted by atomic mass is 79.9. The van der Waals surface area contributed by atoms with Gasteiger partial charge in [-0.25, -0.2) is 4.98 Å². The van der Waals surface area contributed by atoms with E-state index < -0.39 is 0 Å². The van der Waals surface area contributed by atoms with Crippen molar-refractivity contribution >= 4 is 32.9 Å². The van der Waals surface area contributed by atoms with Gasteiger partial charge in [0.2, 0.25) is 5.95 Å². The van der Waals surface area contributed by atoms with Gasteiger partial charge in [0, 0.05) is 11.4 Å². The number of rotatable bonds is 2. The van der Waals surface area contributed by atoms with Gasteiger partial charge in [0.05, 0.1) is 11.0 Å². The Morgan fingerprint density at radius 1 is 1.50 bits per heavy atom. The van der Waals surface area contributed by atoms with Crippen molar-refractivity contribution in [2.24, 2.45) is 0 Å². The normalized spacial score (nSPS) is 13.3. The van der Waals surface area contributed by atoms with Crippen LogP contribution in [0.2, 0.25) is 0 Å². The van der Waals surface area contributed by atoms with E-state index in [0.29, 0.717) is 10.8 Å². The van der Waals surface area contributed by atoms with Crippen molar-refractivity contribution in [3.05, 3.63) is 24.3 Å². The molecule has 0 spiro atoms. The SMILES string of the molecule is C[C@@H](Br)Cn1c(N)nc2ccccc21. The van der Waals surface area contributed by atoms with Crippen LogP contribution >= 0.6 is 15.9 Å². The van der Waals surface area contributed by atoms with Crippen LogP contribution in [0.25, 0.3) is 11.0 Å². The number of hydrogen-bond acceptors (Lipinski definition) is 2. The first-order valence-electron chi connectivity index (χ1n) is 4.53. The topological polar surface area (TPSA) is 43.8 Å². The number of para-hydroxylation sites is 2. The zero-order chi connectivity index (χ0) is 10.1. The Kier molecular flexibility index (Phi) is 2.46. The van der Waals surface area contributed by atoms with E-state index in [9.17, 15) is 0 Å². The number of aromatic nitrogens is 2. The Balaban J connectivity index is 2.56. The molecule has 2 aromatic rings. The maximum atomic E-state index is 5.83. The first kappa shape index (κ1) is 9.52. The summed E-state index contributed by atoms with van der Waals surface area (Å²) in [4.78, 5) is 4.68. The molecule has 0 fully saturated rings. The first-order chi connectivity index (χ1) is 6.68. The third-order valence-electron chi connectivity index (χ3n) is 2.12. The number of alkyl halides is 1. The second kappa shape index (κ2) is 3.61. The van der Waals surface area contributed by atoms with Gasteiger partial charge in [0.1, 0.15) is 0 Å². The number of benzene rings is 1. The number of nitrogens with zero attached hydrogens (tertiary/aromatic N) is 2. The molecule has 2 N–H and O–H groups in total. The fourth-order valence-corrected chi connectivity index (χ4v) is 1.83. The van der Waals surface area contributed by atoms with Crippen LogP contribution in [-0.2, 0) is 6.54 Å². The Bertz CT molecular complexity index is 448. The van der Waals surface area contributed by atoms with E-state index in [-0.39, 0.29) is 0 Å². The molecule has 0 aliphatic heterocycles. The summed E-state index contributed by atoms with van der Waals surface area (Å²) in [5.41, 5.74) is 7.88. The number of imidazole rings is 1. The third kappa shape index (κ3) is 1.62. The van der Waals surface area contributed by atoms with E-state index >= 15 is 0 Å². The molecule has 0 saturated heterocycles. The largest absolute Gasteiger partial charge is 0.369 e. The van der Waals surface area contributed by atoms with Crippen molar-refractivity contribution in [2.75, 3.05) is 5.73 Å². The minimum Gasteiger partial charge on any atom is -0.369 e. The molecule has 74 valence electrons. The summed E-state index contributed by atoms with van der Waals surface area (Å²) in [6.45, 7) is 2.93. The quantitative estimate of drug-likeness (QED) is 0.836. The molecule has 0 aliphatic carbocycles. The van der Waals surface area contributed by atoms with Crippen molar-refractivity contribution < 1.29 is 0 Å². The summed E-state index contributed by atoms with van der Waals surface area (Å²) in [6.07, 6.45) is 0. The lowest BCUT2D eigenvalue weighted by Crippen LogP contribution is -2.09. The summed E-state index contributed by atoms with van der Waals surface area (Å²) in [6, 6.07) is 7.98. The van der Waals surface area contributed by atoms with Crippen LogP contribution in [0.5, 0.6) is 0 Å². The highest BCUT2D eigenvalue weighted by Gasteiger charge is 2.08. The number of fused-ring (bicyclic) bond motifs is 1. The zero-order valence-corrected chi connectivity index (χ0v) is 9.53. The lowest BCUT2D eigenvalue weighted by molar-refractivity contribution is 0.728. The molecular formula is C10H12BrN3. The molecule has 0 aliphatic rings. The summed E-state index contributed by atoms with van der Waals surface area (Å²) in [5, 5.41) is 0. The molecule has 1 aromatic carbocycles. The van der Waals surface area contributed by atoms with E-state index in [1.54, 1.807) is 0 Å². The first-order valence-corrected chi connectivity index (χ1v) is 5.45. The van der Waals surface area contributed by atoms with Crippen LogP contribution in [0, 0.1) is 0 Å². The third-order valence-corrected chi connectivity index (χ3v) is 2.41. The fourth-order valence-electron chi connectivity index (χ4n) is 1.54. The fraction of sp³-hybridized carbons (Fsp3) is 0.300. The Morgan fingerprint density at radius 3 is 2.93 bits per heavy atom. The standard InChI is InChI=1S/C10H12BrN3/c1-7(11)6-14-9-5-3-2-4-8(9)13-10(14)12/h2-5,7H,6H2,1H3,(H2,12,13)/t7-/m1/s1. The van der Waals surface area contributed by atoms with Gasteiger partial charge in [0.25, 0.3) is 0 Å². The van der Waals surface area contributed by atoms with Gasteiger partial charge in [-0.2, -0.15) is 0 Å². The van der Waals surface area contributed by atoms with Gasteiger partial charge < -0.3 is 10.3 Å². The molecule has 3 nitrogen and oxygen atoms in total. The highest BCUT2D eigenvalue weighted by Crippen LogP contribution is 2.18. The smallest absolute Gasteiger partial charge is 0.201 e. The minimum absolute atomic E-state index is 0.391. The number of hydrogen-bond donors (Lipinski definition) is 1. The van der Waals surface area contributed by atoms with Crippen LogP contribution in [0.3, 0.4) is 0 Å². The van der Waals surface area contributed by atoms with Gasteiger partial charge in [-0.15, -0.1) is 0 Å². The predicted molar refractivity (Wildman–Crippen MR) is 62.5 cm³/mol. The second-order valence-corrected chi connectivity index (χ2v) is 4.91. The highest BCUT2D eigenvalue weighted by molar-refractivity contribution is 9.09. The molecule has 2 rings (SSSR count). The molecule has 0 unspecified atom stereocenters. The zero-order valence-electron chi connectivity index (χ0n) is 7.94. The number of halogens is 1. The molecule has 0 saturated carbocycles. The van der Waals surface area contributed by atoms with E-state index in [1.807, 2.05) is 28.8 Å². The predicted octanol–water partition coefficient (Wildman–Crippen LogP) is 2.40. The number of nitrogens with two attached hydrogens (primary N) is 1.